The molecule has 0 amide bonds. The van der Waals surface area contributed by atoms with Gasteiger partial charge in [0, 0.05) is 24.2 Å². The molecule has 3 rings (SSSR count). The van der Waals surface area contributed by atoms with Gasteiger partial charge in [0.2, 0.25) is 0 Å². The summed E-state index contributed by atoms with van der Waals surface area (Å²) in [7, 11) is -3.90. The lowest BCUT2D eigenvalue weighted by atomic mass is 10.1. The van der Waals surface area contributed by atoms with E-state index in [2.05, 4.69) is 9.97 Å². The average molecular weight is 399 g/mol. The van der Waals surface area contributed by atoms with Crippen LogP contribution in [-0.4, -0.2) is 28.6 Å². The minimum atomic E-state index is -4.66. The highest BCUT2D eigenvalue weighted by Gasteiger charge is 2.35. The summed E-state index contributed by atoms with van der Waals surface area (Å²) in [5, 5.41) is 0.159. The second-order valence-corrected chi connectivity index (χ2v) is 7.78. The van der Waals surface area contributed by atoms with Gasteiger partial charge in [0.05, 0.1) is 10.6 Å². The fourth-order valence-corrected chi connectivity index (χ4v) is 3.83. The summed E-state index contributed by atoms with van der Waals surface area (Å²) in [4.78, 5) is 7.61. The number of alkyl halides is 3. The molecule has 0 saturated heterocycles. The zero-order chi connectivity index (χ0) is 18.9. The number of thioether (sulfide) groups is 1. The number of benzene rings is 1. The van der Waals surface area contributed by atoms with Crippen molar-refractivity contribution in [3.8, 4) is 11.3 Å². The predicted octanol–water partition coefficient (Wildman–Crippen LogP) is 3.92. The zero-order valence-corrected chi connectivity index (χ0v) is 14.9. The third kappa shape index (κ3) is 3.47. The molecule has 0 saturated carbocycles. The van der Waals surface area contributed by atoms with Gasteiger partial charge in [-0.05, 0) is 24.5 Å². The molecule has 0 aliphatic rings. The van der Waals surface area contributed by atoms with Crippen LogP contribution in [0.1, 0.15) is 5.56 Å². The zero-order valence-electron chi connectivity index (χ0n) is 13.3. The van der Waals surface area contributed by atoms with Crippen molar-refractivity contribution in [3.63, 3.8) is 0 Å². The average Bonchev–Trinajstić information content (AvgIpc) is 3.12. The smallest absolute Gasteiger partial charge is 0.248 e. The van der Waals surface area contributed by atoms with Gasteiger partial charge in [0.25, 0.3) is 10.0 Å². The normalized spacial score (nSPS) is 12.3. The Morgan fingerprint density at radius 1 is 1.12 bits per heavy atom. The van der Waals surface area contributed by atoms with Crippen molar-refractivity contribution in [2.75, 3.05) is 6.26 Å². The largest absolute Gasteiger partial charge is 0.419 e. The second kappa shape index (κ2) is 6.76. The molecule has 0 aliphatic carbocycles. The Morgan fingerprint density at radius 3 is 2.42 bits per heavy atom. The minimum Gasteiger partial charge on any atom is -0.248 e. The Labute approximate surface area is 152 Å². The quantitative estimate of drug-likeness (QED) is 0.491. The van der Waals surface area contributed by atoms with E-state index in [4.69, 9.17) is 0 Å². The van der Waals surface area contributed by atoms with E-state index in [0.29, 0.717) is 6.20 Å². The van der Waals surface area contributed by atoms with Crippen molar-refractivity contribution >= 4 is 21.8 Å². The molecule has 2 aromatic heterocycles. The van der Waals surface area contributed by atoms with Gasteiger partial charge in [0.15, 0.2) is 5.16 Å². The molecule has 0 unspecified atom stereocenters. The van der Waals surface area contributed by atoms with Crippen LogP contribution in [-0.2, 0) is 16.2 Å². The fraction of sp³-hybridized carbons (Fsp3) is 0.125. The Morgan fingerprint density at radius 2 is 1.81 bits per heavy atom. The van der Waals surface area contributed by atoms with Crippen LogP contribution in [0.5, 0.6) is 0 Å². The molecule has 0 atom stereocenters. The van der Waals surface area contributed by atoms with Crippen LogP contribution in [0.15, 0.2) is 65.0 Å². The molecular weight excluding hydrogens is 387 g/mol. The van der Waals surface area contributed by atoms with Crippen molar-refractivity contribution in [1.82, 2.24) is 13.9 Å². The summed E-state index contributed by atoms with van der Waals surface area (Å²) in [6.07, 6.45) is -0.00993. The summed E-state index contributed by atoms with van der Waals surface area (Å²) < 4.78 is 65.8. The molecule has 0 radical (unpaired) electrons. The predicted molar refractivity (Wildman–Crippen MR) is 91.3 cm³/mol. The lowest BCUT2D eigenvalue weighted by molar-refractivity contribution is -0.137. The molecule has 5 nitrogen and oxygen atoms in total. The van der Waals surface area contributed by atoms with Crippen molar-refractivity contribution in [3.05, 3.63) is 60.6 Å². The Hall–Kier alpha value is -2.33. The van der Waals surface area contributed by atoms with Gasteiger partial charge in [-0.3, -0.25) is 0 Å². The lowest BCUT2D eigenvalue weighted by Crippen LogP contribution is -2.11. The SMILES string of the molecule is CSc1ncc(C(F)(F)F)c(-c2ccn(S(=O)(=O)c3ccccc3)c2)n1. The summed E-state index contributed by atoms with van der Waals surface area (Å²) in [5.41, 5.74) is -1.35. The first kappa shape index (κ1) is 18.5. The minimum absolute atomic E-state index is 0.0330. The summed E-state index contributed by atoms with van der Waals surface area (Å²) in [5.74, 6) is 0. The third-order valence-corrected chi connectivity index (χ3v) is 5.73. The molecular formula is C16H12F3N3O2S2. The van der Waals surface area contributed by atoms with Crippen molar-refractivity contribution < 1.29 is 21.6 Å². The lowest BCUT2D eigenvalue weighted by Gasteiger charge is -2.11. The molecule has 0 bridgehead atoms. The number of rotatable bonds is 4. The molecule has 1 aromatic carbocycles. The molecule has 10 heteroatoms. The van der Waals surface area contributed by atoms with Gasteiger partial charge < -0.3 is 0 Å². The second-order valence-electron chi connectivity index (χ2n) is 5.16. The van der Waals surface area contributed by atoms with E-state index in [1.165, 1.54) is 24.4 Å². The van der Waals surface area contributed by atoms with E-state index >= 15 is 0 Å². The van der Waals surface area contributed by atoms with Crippen LogP contribution < -0.4 is 0 Å². The summed E-state index contributed by atoms with van der Waals surface area (Å²) in [6.45, 7) is 0. The van der Waals surface area contributed by atoms with E-state index in [0.717, 1.165) is 21.9 Å². The highest BCUT2D eigenvalue weighted by Crippen LogP contribution is 2.36. The first-order valence-corrected chi connectivity index (χ1v) is 9.87. The topological polar surface area (TPSA) is 64.8 Å². The van der Waals surface area contributed by atoms with E-state index in [1.807, 2.05) is 0 Å². The molecule has 0 spiro atoms. The standard InChI is InChI=1S/C16H12F3N3O2S2/c1-25-15-20-9-13(16(17,18)19)14(21-15)11-7-8-22(10-11)26(23,24)12-5-3-2-4-6-12/h2-10H,1H3. The summed E-state index contributed by atoms with van der Waals surface area (Å²) in [6, 6.07) is 8.89. The molecule has 26 heavy (non-hydrogen) atoms. The van der Waals surface area contributed by atoms with E-state index in [-0.39, 0.29) is 21.3 Å². The van der Waals surface area contributed by atoms with Crippen LogP contribution >= 0.6 is 11.8 Å². The van der Waals surface area contributed by atoms with Gasteiger partial charge in [-0.2, -0.15) is 13.2 Å². The number of halogens is 3. The van der Waals surface area contributed by atoms with Gasteiger partial charge >= 0.3 is 6.18 Å². The molecule has 3 aromatic rings. The van der Waals surface area contributed by atoms with Gasteiger partial charge in [-0.1, -0.05) is 30.0 Å². The Kier molecular flexibility index (Phi) is 4.80. The van der Waals surface area contributed by atoms with E-state index in [9.17, 15) is 21.6 Å². The molecule has 0 aliphatic heterocycles. The van der Waals surface area contributed by atoms with Gasteiger partial charge in [-0.15, -0.1) is 0 Å². The first-order chi connectivity index (χ1) is 12.2. The maximum absolute atomic E-state index is 13.3. The van der Waals surface area contributed by atoms with Crippen molar-refractivity contribution in [2.24, 2.45) is 0 Å². The van der Waals surface area contributed by atoms with Crippen LogP contribution in [0.2, 0.25) is 0 Å². The monoisotopic (exact) mass is 399 g/mol. The summed E-state index contributed by atoms with van der Waals surface area (Å²) >= 11 is 1.09. The fourth-order valence-electron chi connectivity index (χ4n) is 2.27. The van der Waals surface area contributed by atoms with E-state index in [1.54, 1.807) is 24.5 Å². The number of nitrogens with zero attached hydrogens (tertiary/aromatic N) is 3. The van der Waals surface area contributed by atoms with E-state index < -0.39 is 21.8 Å². The van der Waals surface area contributed by atoms with Crippen LogP contribution in [0.25, 0.3) is 11.3 Å². The van der Waals surface area contributed by atoms with Crippen molar-refractivity contribution in [2.45, 2.75) is 16.2 Å². The maximum atomic E-state index is 13.3. The number of aromatic nitrogens is 3. The highest BCUT2D eigenvalue weighted by molar-refractivity contribution is 7.98. The maximum Gasteiger partial charge on any atom is 0.419 e. The first-order valence-electron chi connectivity index (χ1n) is 7.20. The number of hydrogen-bond donors (Lipinski definition) is 0. The Balaban J connectivity index is 2.11. The molecule has 2 heterocycles. The van der Waals surface area contributed by atoms with Gasteiger partial charge in [0.1, 0.15) is 5.56 Å². The molecule has 0 fully saturated rings. The number of hydrogen-bond acceptors (Lipinski definition) is 5. The van der Waals surface area contributed by atoms with Crippen LogP contribution in [0, 0.1) is 0 Å². The van der Waals surface area contributed by atoms with Crippen LogP contribution in [0.4, 0.5) is 13.2 Å². The third-order valence-electron chi connectivity index (χ3n) is 3.51. The van der Waals surface area contributed by atoms with Crippen LogP contribution in [0.3, 0.4) is 0 Å². The Bertz CT molecular complexity index is 1030. The van der Waals surface area contributed by atoms with Gasteiger partial charge in [-0.25, -0.2) is 22.4 Å². The molecule has 0 N–H and O–H groups in total. The molecule has 136 valence electrons. The van der Waals surface area contributed by atoms with Crippen molar-refractivity contribution in [1.29, 1.82) is 0 Å². The highest BCUT2D eigenvalue weighted by atomic mass is 32.2.